The van der Waals surface area contributed by atoms with Crippen molar-refractivity contribution in [1.82, 2.24) is 24.9 Å². The molecule has 27 heavy (non-hydrogen) atoms. The molecule has 1 atom stereocenters. The van der Waals surface area contributed by atoms with Crippen LogP contribution < -0.4 is 0 Å². The summed E-state index contributed by atoms with van der Waals surface area (Å²) in [7, 11) is 0. The number of carbonyl (C=O) groups excluding carboxylic acids is 1. The number of aromatic nitrogens is 3. The fourth-order valence-corrected chi connectivity index (χ4v) is 3.94. The second-order valence-corrected chi connectivity index (χ2v) is 7.80. The molecule has 1 aliphatic rings. The fourth-order valence-electron chi connectivity index (χ4n) is 3.19. The summed E-state index contributed by atoms with van der Waals surface area (Å²) in [5, 5.41) is 5.02. The maximum atomic E-state index is 12.6. The zero-order chi connectivity index (χ0) is 18.8. The lowest BCUT2D eigenvalue weighted by atomic mass is 10.2. The molecule has 1 unspecified atom stereocenters. The Labute approximate surface area is 161 Å². The van der Waals surface area contributed by atoms with E-state index < -0.39 is 0 Å². The molecule has 3 aromatic rings. The highest BCUT2D eigenvalue weighted by molar-refractivity contribution is 7.13. The summed E-state index contributed by atoms with van der Waals surface area (Å²) in [5.41, 5.74) is 0.940. The van der Waals surface area contributed by atoms with Gasteiger partial charge in [0, 0.05) is 31.7 Å². The number of amides is 1. The zero-order valence-corrected chi connectivity index (χ0v) is 16.1. The number of piperazine rings is 1. The lowest BCUT2D eigenvalue weighted by molar-refractivity contribution is 0.0555. The largest absolute Gasteiger partial charge is 0.337 e. The SMILES string of the molecule is Cc1ncc(C(=O)N2CCN(C(C)c3nc(-c4ccccc4)no3)CC2)s1. The number of rotatable bonds is 4. The number of nitrogens with zero attached hydrogens (tertiary/aromatic N) is 5. The first-order chi connectivity index (χ1) is 13.1. The van der Waals surface area contributed by atoms with Gasteiger partial charge in [-0.3, -0.25) is 9.69 Å². The van der Waals surface area contributed by atoms with Crippen LogP contribution in [0.4, 0.5) is 0 Å². The van der Waals surface area contributed by atoms with Crippen molar-refractivity contribution in [3.05, 3.63) is 52.3 Å². The molecule has 0 N–H and O–H groups in total. The van der Waals surface area contributed by atoms with Crippen LogP contribution in [-0.2, 0) is 0 Å². The average molecular weight is 383 g/mol. The van der Waals surface area contributed by atoms with E-state index in [4.69, 9.17) is 4.52 Å². The molecule has 2 aromatic heterocycles. The second kappa shape index (κ2) is 7.58. The molecule has 0 saturated carbocycles. The van der Waals surface area contributed by atoms with Gasteiger partial charge in [-0.25, -0.2) is 4.98 Å². The zero-order valence-electron chi connectivity index (χ0n) is 15.3. The standard InChI is InChI=1S/C19H21N5O2S/c1-13(18-21-17(22-26-18)15-6-4-3-5-7-15)23-8-10-24(11-9-23)19(25)16-12-20-14(2)27-16/h3-7,12-13H,8-11H2,1-2H3. The monoisotopic (exact) mass is 383 g/mol. The van der Waals surface area contributed by atoms with Gasteiger partial charge in [0.2, 0.25) is 11.7 Å². The van der Waals surface area contributed by atoms with Gasteiger partial charge in [-0.15, -0.1) is 11.3 Å². The first-order valence-electron chi connectivity index (χ1n) is 8.96. The minimum Gasteiger partial charge on any atom is -0.337 e. The minimum absolute atomic E-state index is 0.0119. The van der Waals surface area contributed by atoms with E-state index in [9.17, 15) is 4.79 Å². The molecule has 3 heterocycles. The van der Waals surface area contributed by atoms with Crippen molar-refractivity contribution in [1.29, 1.82) is 0 Å². The van der Waals surface area contributed by atoms with Crippen LogP contribution in [0.2, 0.25) is 0 Å². The summed E-state index contributed by atoms with van der Waals surface area (Å²) in [4.78, 5) is 26.1. The highest BCUT2D eigenvalue weighted by Crippen LogP contribution is 2.24. The van der Waals surface area contributed by atoms with Crippen LogP contribution in [-0.4, -0.2) is 57.0 Å². The van der Waals surface area contributed by atoms with Crippen molar-refractivity contribution in [3.63, 3.8) is 0 Å². The molecule has 7 nitrogen and oxygen atoms in total. The molecule has 1 amide bonds. The van der Waals surface area contributed by atoms with Gasteiger partial charge < -0.3 is 9.42 Å². The molecule has 1 aliphatic heterocycles. The van der Waals surface area contributed by atoms with E-state index in [1.807, 2.05) is 42.2 Å². The molecule has 0 bridgehead atoms. The average Bonchev–Trinajstić information content (AvgIpc) is 3.37. The van der Waals surface area contributed by atoms with Gasteiger partial charge in [-0.05, 0) is 13.8 Å². The molecule has 1 aromatic carbocycles. The lowest BCUT2D eigenvalue weighted by Crippen LogP contribution is -2.49. The Bertz CT molecular complexity index is 915. The van der Waals surface area contributed by atoms with Gasteiger partial charge in [0.25, 0.3) is 5.91 Å². The number of benzene rings is 1. The lowest BCUT2D eigenvalue weighted by Gasteiger charge is -2.36. The predicted molar refractivity (Wildman–Crippen MR) is 102 cm³/mol. The van der Waals surface area contributed by atoms with E-state index in [2.05, 4.69) is 26.9 Å². The summed E-state index contributed by atoms with van der Waals surface area (Å²) in [6.45, 7) is 6.88. The van der Waals surface area contributed by atoms with Crippen LogP contribution in [0.3, 0.4) is 0 Å². The van der Waals surface area contributed by atoms with Crippen molar-refractivity contribution >= 4 is 17.2 Å². The third-order valence-corrected chi connectivity index (χ3v) is 5.71. The van der Waals surface area contributed by atoms with Crippen LogP contribution in [0.15, 0.2) is 41.1 Å². The molecule has 140 valence electrons. The second-order valence-electron chi connectivity index (χ2n) is 6.57. The van der Waals surface area contributed by atoms with E-state index in [0.717, 1.165) is 23.7 Å². The number of hydrogen-bond donors (Lipinski definition) is 0. The van der Waals surface area contributed by atoms with Gasteiger partial charge >= 0.3 is 0 Å². The number of thiazole rings is 1. The normalized spacial score (nSPS) is 16.4. The van der Waals surface area contributed by atoms with Gasteiger partial charge in [-0.1, -0.05) is 35.5 Å². The van der Waals surface area contributed by atoms with Crippen molar-refractivity contribution in [2.45, 2.75) is 19.9 Å². The Hall–Kier alpha value is -2.58. The summed E-state index contributed by atoms with van der Waals surface area (Å²) in [5.74, 6) is 1.27. The third kappa shape index (κ3) is 3.77. The molecular formula is C19H21N5O2S. The first-order valence-corrected chi connectivity index (χ1v) is 9.78. The number of hydrogen-bond acceptors (Lipinski definition) is 7. The van der Waals surface area contributed by atoms with E-state index >= 15 is 0 Å². The minimum atomic E-state index is 0.0119. The van der Waals surface area contributed by atoms with E-state index in [1.54, 1.807) is 6.20 Å². The first kappa shape index (κ1) is 17.8. The van der Waals surface area contributed by atoms with Gasteiger partial charge in [0.15, 0.2) is 0 Å². The highest BCUT2D eigenvalue weighted by atomic mass is 32.1. The Kier molecular flexibility index (Phi) is 5.00. The van der Waals surface area contributed by atoms with Crippen LogP contribution >= 0.6 is 11.3 Å². The van der Waals surface area contributed by atoms with Crippen molar-refractivity contribution in [2.24, 2.45) is 0 Å². The van der Waals surface area contributed by atoms with Gasteiger partial charge in [-0.2, -0.15) is 4.98 Å². The van der Waals surface area contributed by atoms with Crippen molar-refractivity contribution in [2.75, 3.05) is 26.2 Å². The van der Waals surface area contributed by atoms with Crippen LogP contribution in [0.5, 0.6) is 0 Å². The Balaban J connectivity index is 1.38. The van der Waals surface area contributed by atoms with Crippen LogP contribution in [0, 0.1) is 6.92 Å². The Morgan fingerprint density at radius 2 is 1.93 bits per heavy atom. The maximum absolute atomic E-state index is 12.6. The topological polar surface area (TPSA) is 75.4 Å². The molecule has 1 fully saturated rings. The Morgan fingerprint density at radius 1 is 1.19 bits per heavy atom. The molecule has 4 rings (SSSR count). The number of aryl methyl sites for hydroxylation is 1. The van der Waals surface area contributed by atoms with Crippen molar-refractivity contribution < 1.29 is 9.32 Å². The maximum Gasteiger partial charge on any atom is 0.265 e. The highest BCUT2D eigenvalue weighted by Gasteiger charge is 2.28. The third-order valence-electron chi connectivity index (χ3n) is 4.81. The molecule has 0 radical (unpaired) electrons. The quantitative estimate of drug-likeness (QED) is 0.689. The fraction of sp³-hybridized carbons (Fsp3) is 0.368. The molecule has 8 heteroatoms. The van der Waals surface area contributed by atoms with Crippen LogP contribution in [0.1, 0.15) is 33.5 Å². The summed E-state index contributed by atoms with van der Waals surface area (Å²) >= 11 is 1.44. The van der Waals surface area contributed by atoms with E-state index in [1.165, 1.54) is 11.3 Å². The van der Waals surface area contributed by atoms with E-state index in [-0.39, 0.29) is 11.9 Å². The summed E-state index contributed by atoms with van der Waals surface area (Å²) < 4.78 is 5.49. The number of carbonyl (C=O) groups is 1. The molecular weight excluding hydrogens is 362 g/mol. The van der Waals surface area contributed by atoms with Gasteiger partial charge in [0.1, 0.15) is 4.88 Å². The van der Waals surface area contributed by atoms with Crippen LogP contribution in [0.25, 0.3) is 11.4 Å². The smallest absolute Gasteiger partial charge is 0.265 e. The summed E-state index contributed by atoms with van der Waals surface area (Å²) in [6.07, 6.45) is 1.67. The summed E-state index contributed by atoms with van der Waals surface area (Å²) in [6, 6.07) is 9.81. The van der Waals surface area contributed by atoms with Crippen molar-refractivity contribution in [3.8, 4) is 11.4 Å². The predicted octanol–water partition coefficient (Wildman–Crippen LogP) is 3.02. The van der Waals surface area contributed by atoms with Gasteiger partial charge in [0.05, 0.1) is 17.2 Å². The van der Waals surface area contributed by atoms with E-state index in [0.29, 0.717) is 29.7 Å². The molecule has 0 aliphatic carbocycles. The molecule has 1 saturated heterocycles. The Morgan fingerprint density at radius 3 is 2.59 bits per heavy atom. The molecule has 0 spiro atoms.